The van der Waals surface area contributed by atoms with Crippen LogP contribution >= 0.6 is 23.2 Å². The largest absolute Gasteiger partial charge is 0.466 e. The fourth-order valence-corrected chi connectivity index (χ4v) is 3.00. The molecular weight excluding hydrogens is 317 g/mol. The van der Waals surface area contributed by atoms with Gasteiger partial charge in [0.05, 0.1) is 10.0 Å². The van der Waals surface area contributed by atoms with E-state index < -0.39 is 0 Å². The Balaban J connectivity index is 1.92. The summed E-state index contributed by atoms with van der Waals surface area (Å²) in [5, 5.41) is 4.72. The Bertz CT molecular complexity index is 634. The van der Waals surface area contributed by atoms with Crippen LogP contribution in [0.3, 0.4) is 0 Å². The number of halogens is 2. The molecular formula is C18H23Cl2NO. The number of benzene rings is 1. The highest BCUT2D eigenvalue weighted by atomic mass is 35.5. The lowest BCUT2D eigenvalue weighted by Gasteiger charge is -2.26. The van der Waals surface area contributed by atoms with E-state index in [1.807, 2.05) is 31.2 Å². The fourth-order valence-electron chi connectivity index (χ4n) is 2.68. The second-order valence-corrected chi connectivity index (χ2v) is 7.34. The molecule has 0 aliphatic rings. The molecule has 0 aliphatic carbocycles. The summed E-state index contributed by atoms with van der Waals surface area (Å²) >= 11 is 12.0. The highest BCUT2D eigenvalue weighted by Crippen LogP contribution is 2.30. The lowest BCUT2D eigenvalue weighted by atomic mass is 9.83. The van der Waals surface area contributed by atoms with E-state index in [1.165, 1.54) is 0 Å². The molecule has 0 amide bonds. The Hall–Kier alpha value is -0.960. The summed E-state index contributed by atoms with van der Waals surface area (Å²) in [5.74, 6) is 1.99. The molecule has 1 aromatic carbocycles. The maximum absolute atomic E-state index is 6.05. The van der Waals surface area contributed by atoms with Crippen LogP contribution in [0.25, 0.3) is 0 Å². The lowest BCUT2D eigenvalue weighted by Crippen LogP contribution is -2.32. The third-order valence-corrected chi connectivity index (χ3v) is 4.60. The Morgan fingerprint density at radius 2 is 1.86 bits per heavy atom. The second-order valence-electron chi connectivity index (χ2n) is 6.53. The van der Waals surface area contributed by atoms with E-state index in [9.17, 15) is 0 Å². The molecule has 4 heteroatoms. The third kappa shape index (κ3) is 4.52. The Morgan fingerprint density at radius 1 is 1.14 bits per heavy atom. The predicted octanol–water partition coefficient (Wildman–Crippen LogP) is 5.74. The van der Waals surface area contributed by atoms with Crippen LogP contribution in [0.1, 0.15) is 44.3 Å². The summed E-state index contributed by atoms with van der Waals surface area (Å²) in [7, 11) is 0. The van der Waals surface area contributed by atoms with Gasteiger partial charge in [-0.05, 0) is 50.1 Å². The first kappa shape index (κ1) is 17.4. The Kier molecular flexibility index (Phi) is 5.60. The summed E-state index contributed by atoms with van der Waals surface area (Å²) in [6.07, 6.45) is 0.987. The van der Waals surface area contributed by atoms with Gasteiger partial charge >= 0.3 is 0 Å². The minimum Gasteiger partial charge on any atom is -0.466 e. The molecule has 2 rings (SSSR count). The molecule has 0 bridgehead atoms. The van der Waals surface area contributed by atoms with Crippen molar-refractivity contribution in [2.45, 2.75) is 52.1 Å². The summed E-state index contributed by atoms with van der Waals surface area (Å²) in [6.45, 7) is 9.36. The maximum atomic E-state index is 6.05. The molecule has 22 heavy (non-hydrogen) atoms. The van der Waals surface area contributed by atoms with Crippen LogP contribution < -0.4 is 5.32 Å². The average molecular weight is 340 g/mol. The molecule has 1 heterocycles. The van der Waals surface area contributed by atoms with Crippen molar-refractivity contribution >= 4 is 23.2 Å². The summed E-state index contributed by atoms with van der Waals surface area (Å²) in [4.78, 5) is 0. The molecule has 2 aromatic rings. The summed E-state index contributed by atoms with van der Waals surface area (Å²) < 4.78 is 5.78. The quantitative estimate of drug-likeness (QED) is 0.725. The van der Waals surface area contributed by atoms with Gasteiger partial charge in [0.15, 0.2) is 0 Å². The zero-order chi connectivity index (χ0) is 16.3. The van der Waals surface area contributed by atoms with E-state index in [4.69, 9.17) is 27.6 Å². The first-order chi connectivity index (χ1) is 10.3. The van der Waals surface area contributed by atoms with Crippen LogP contribution in [-0.2, 0) is 12.0 Å². The lowest BCUT2D eigenvalue weighted by molar-refractivity contribution is 0.319. The van der Waals surface area contributed by atoms with Gasteiger partial charge in [0.25, 0.3) is 0 Å². The molecule has 1 aromatic heterocycles. The molecule has 0 aliphatic heterocycles. The van der Waals surface area contributed by atoms with Crippen LogP contribution in [0.4, 0.5) is 0 Å². The average Bonchev–Trinajstić information content (AvgIpc) is 2.87. The predicted molar refractivity (Wildman–Crippen MR) is 93.9 cm³/mol. The van der Waals surface area contributed by atoms with E-state index in [-0.39, 0.29) is 5.41 Å². The first-order valence-electron chi connectivity index (χ1n) is 7.52. The van der Waals surface area contributed by atoms with Crippen LogP contribution in [0.2, 0.25) is 10.0 Å². The van der Waals surface area contributed by atoms with Crippen molar-refractivity contribution < 1.29 is 4.42 Å². The number of hydrogen-bond acceptors (Lipinski definition) is 2. The molecule has 1 N–H and O–H groups in total. The molecule has 0 unspecified atom stereocenters. The SMILES string of the molecule is Cc1ccc(C(C)(C)C[C@H](C)NCc2ccc(Cl)c(Cl)c2)o1. The van der Waals surface area contributed by atoms with Gasteiger partial charge < -0.3 is 9.73 Å². The standard InChI is InChI=1S/C18H23Cl2NO/c1-12(10-18(3,4)17-8-5-13(2)22-17)21-11-14-6-7-15(19)16(20)9-14/h5-9,12,21H,10-11H2,1-4H3/t12-/m0/s1. The fraction of sp³-hybridized carbons (Fsp3) is 0.444. The van der Waals surface area contributed by atoms with E-state index >= 15 is 0 Å². The Labute approximate surface area is 142 Å². The molecule has 0 fully saturated rings. The van der Waals surface area contributed by atoms with Crippen molar-refractivity contribution in [2.24, 2.45) is 0 Å². The number of rotatable bonds is 6. The minimum atomic E-state index is -0.00167. The first-order valence-corrected chi connectivity index (χ1v) is 8.28. The normalized spacial score (nSPS) is 13.4. The topological polar surface area (TPSA) is 25.2 Å². The van der Waals surface area contributed by atoms with Crippen molar-refractivity contribution in [3.8, 4) is 0 Å². The highest BCUT2D eigenvalue weighted by Gasteiger charge is 2.26. The second kappa shape index (κ2) is 7.08. The van der Waals surface area contributed by atoms with E-state index in [1.54, 1.807) is 0 Å². The van der Waals surface area contributed by atoms with Gasteiger partial charge in [-0.25, -0.2) is 0 Å². The Morgan fingerprint density at radius 3 is 2.45 bits per heavy atom. The summed E-state index contributed by atoms with van der Waals surface area (Å²) in [6, 6.07) is 10.2. The molecule has 1 atom stereocenters. The highest BCUT2D eigenvalue weighted by molar-refractivity contribution is 6.42. The van der Waals surface area contributed by atoms with Gasteiger partial charge in [-0.1, -0.05) is 43.1 Å². The van der Waals surface area contributed by atoms with Crippen LogP contribution in [-0.4, -0.2) is 6.04 Å². The number of furan rings is 1. The molecule has 0 saturated carbocycles. The molecule has 0 radical (unpaired) electrons. The van der Waals surface area contributed by atoms with Crippen molar-refractivity contribution in [2.75, 3.05) is 0 Å². The number of hydrogen-bond donors (Lipinski definition) is 1. The number of aryl methyl sites for hydroxylation is 1. The zero-order valence-electron chi connectivity index (χ0n) is 13.5. The minimum absolute atomic E-state index is 0.00167. The van der Waals surface area contributed by atoms with Gasteiger partial charge in [-0.3, -0.25) is 0 Å². The molecule has 120 valence electrons. The van der Waals surface area contributed by atoms with Gasteiger partial charge in [-0.2, -0.15) is 0 Å². The monoisotopic (exact) mass is 339 g/mol. The smallest absolute Gasteiger partial charge is 0.109 e. The van der Waals surface area contributed by atoms with Gasteiger partial charge in [0, 0.05) is 18.0 Å². The van der Waals surface area contributed by atoms with Crippen molar-refractivity contribution in [1.82, 2.24) is 5.32 Å². The van der Waals surface area contributed by atoms with E-state index in [0.29, 0.717) is 16.1 Å². The van der Waals surface area contributed by atoms with Crippen molar-refractivity contribution in [3.63, 3.8) is 0 Å². The van der Waals surface area contributed by atoms with Gasteiger partial charge in [-0.15, -0.1) is 0 Å². The van der Waals surface area contributed by atoms with Crippen molar-refractivity contribution in [1.29, 1.82) is 0 Å². The van der Waals surface area contributed by atoms with Gasteiger partial charge in [0.2, 0.25) is 0 Å². The zero-order valence-corrected chi connectivity index (χ0v) is 15.1. The summed E-state index contributed by atoms with van der Waals surface area (Å²) in [5.41, 5.74) is 1.13. The van der Waals surface area contributed by atoms with Crippen LogP contribution in [0.15, 0.2) is 34.7 Å². The van der Waals surface area contributed by atoms with E-state index in [2.05, 4.69) is 32.2 Å². The van der Waals surface area contributed by atoms with Crippen LogP contribution in [0, 0.1) is 6.92 Å². The van der Waals surface area contributed by atoms with Crippen molar-refractivity contribution in [3.05, 3.63) is 57.5 Å². The number of nitrogens with one attached hydrogen (secondary N) is 1. The third-order valence-electron chi connectivity index (χ3n) is 3.86. The molecule has 0 saturated heterocycles. The van der Waals surface area contributed by atoms with E-state index in [0.717, 1.165) is 30.0 Å². The molecule has 2 nitrogen and oxygen atoms in total. The van der Waals surface area contributed by atoms with Crippen LogP contribution in [0.5, 0.6) is 0 Å². The molecule has 0 spiro atoms. The van der Waals surface area contributed by atoms with Gasteiger partial charge in [0.1, 0.15) is 11.5 Å². The maximum Gasteiger partial charge on any atom is 0.109 e.